The molecule has 1 fully saturated rings. The minimum atomic E-state index is -0.852. The Labute approximate surface area is 123 Å². The molecule has 0 bridgehead atoms. The highest BCUT2D eigenvalue weighted by Gasteiger charge is 2.41. The van der Waals surface area contributed by atoms with E-state index in [0.717, 1.165) is 4.90 Å². The van der Waals surface area contributed by atoms with Crippen molar-refractivity contribution in [2.45, 2.75) is 51.4 Å². The Balaban J connectivity index is 2.93. The average molecular weight is 299 g/mol. The first-order valence-corrected chi connectivity index (χ1v) is 6.60. The molecule has 7 nitrogen and oxygen atoms in total. The Hall–Kier alpha value is -2.05. The summed E-state index contributed by atoms with van der Waals surface area (Å²) in [6.45, 7) is 8.60. The third kappa shape index (κ3) is 4.77. The summed E-state index contributed by atoms with van der Waals surface area (Å²) in [7, 11) is 1.24. The number of imide groups is 1. The van der Waals surface area contributed by atoms with E-state index in [9.17, 15) is 14.4 Å². The van der Waals surface area contributed by atoms with Crippen LogP contribution in [0.4, 0.5) is 9.59 Å². The van der Waals surface area contributed by atoms with Crippen LogP contribution >= 0.6 is 0 Å². The van der Waals surface area contributed by atoms with Gasteiger partial charge in [0.15, 0.2) is 0 Å². The second kappa shape index (κ2) is 6.60. The van der Waals surface area contributed by atoms with Crippen molar-refractivity contribution in [1.82, 2.24) is 4.90 Å². The lowest BCUT2D eigenvalue weighted by molar-refractivity contribution is -0.142. The molecule has 1 saturated heterocycles. The van der Waals surface area contributed by atoms with Gasteiger partial charge >= 0.3 is 18.2 Å². The van der Waals surface area contributed by atoms with E-state index in [1.165, 1.54) is 13.2 Å². The van der Waals surface area contributed by atoms with Gasteiger partial charge in [-0.25, -0.2) is 14.5 Å². The number of hydrogen-bond acceptors (Lipinski definition) is 6. The standard InChI is InChI=1S/C14H21NO6/c1-6-10-7-9(8-11(16)19-5)15(12(17)20-10)13(18)21-14(2,3)4/h6,9-10H,1,7-8H2,2-5H3/t9-,10-/m1/s1. The third-order valence-electron chi connectivity index (χ3n) is 2.80. The van der Waals surface area contributed by atoms with E-state index in [0.29, 0.717) is 0 Å². The Bertz CT molecular complexity index is 439. The van der Waals surface area contributed by atoms with Crippen LogP contribution in [0.3, 0.4) is 0 Å². The summed E-state index contributed by atoms with van der Waals surface area (Å²) in [4.78, 5) is 36.4. The second-order valence-electron chi connectivity index (χ2n) is 5.68. The largest absolute Gasteiger partial charge is 0.469 e. The predicted molar refractivity (Wildman–Crippen MR) is 73.6 cm³/mol. The van der Waals surface area contributed by atoms with Crippen molar-refractivity contribution in [3.8, 4) is 0 Å². The smallest absolute Gasteiger partial charge is 0.420 e. The maximum atomic E-state index is 12.1. The van der Waals surface area contributed by atoms with Crippen molar-refractivity contribution >= 4 is 18.2 Å². The molecule has 1 heterocycles. The first-order chi connectivity index (χ1) is 9.67. The zero-order chi connectivity index (χ0) is 16.2. The second-order valence-corrected chi connectivity index (χ2v) is 5.68. The van der Waals surface area contributed by atoms with Crippen LogP contribution in [0.2, 0.25) is 0 Å². The van der Waals surface area contributed by atoms with E-state index in [1.807, 2.05) is 0 Å². The van der Waals surface area contributed by atoms with Gasteiger partial charge in [-0.2, -0.15) is 0 Å². The molecule has 21 heavy (non-hydrogen) atoms. The topological polar surface area (TPSA) is 82.1 Å². The number of amides is 2. The highest BCUT2D eigenvalue weighted by atomic mass is 16.6. The monoisotopic (exact) mass is 299 g/mol. The van der Waals surface area contributed by atoms with Crippen molar-refractivity contribution < 1.29 is 28.6 Å². The molecule has 0 aromatic rings. The van der Waals surface area contributed by atoms with Crippen molar-refractivity contribution in [3.63, 3.8) is 0 Å². The summed E-state index contributed by atoms with van der Waals surface area (Å²) < 4.78 is 14.8. The molecule has 0 unspecified atom stereocenters. The number of rotatable bonds is 3. The maximum absolute atomic E-state index is 12.1. The fourth-order valence-corrected chi connectivity index (χ4v) is 1.89. The van der Waals surface area contributed by atoms with Crippen molar-refractivity contribution in [3.05, 3.63) is 12.7 Å². The molecule has 0 spiro atoms. The summed E-state index contributed by atoms with van der Waals surface area (Å²) in [6.07, 6.45) is -0.642. The quantitative estimate of drug-likeness (QED) is 0.451. The molecule has 1 rings (SSSR count). The van der Waals surface area contributed by atoms with Gasteiger partial charge in [0, 0.05) is 6.42 Å². The minimum absolute atomic E-state index is 0.116. The van der Waals surface area contributed by atoms with Crippen LogP contribution in [0, 0.1) is 0 Å². The lowest BCUT2D eigenvalue weighted by atomic mass is 10.0. The van der Waals surface area contributed by atoms with E-state index in [-0.39, 0.29) is 12.8 Å². The molecule has 0 N–H and O–H groups in total. The SMILES string of the molecule is C=C[C@@H]1C[C@H](CC(=O)OC)N(C(=O)OC(C)(C)C)C(=O)O1. The molecule has 7 heteroatoms. The molecule has 2 amide bonds. The summed E-state index contributed by atoms with van der Waals surface area (Å²) in [5.41, 5.74) is -0.761. The van der Waals surface area contributed by atoms with E-state index in [1.54, 1.807) is 20.8 Å². The minimum Gasteiger partial charge on any atom is -0.469 e. The number of esters is 1. The molecular weight excluding hydrogens is 278 g/mol. The van der Waals surface area contributed by atoms with Crippen LogP contribution in [-0.4, -0.2) is 47.9 Å². The Kier molecular flexibility index (Phi) is 5.34. The number of hydrogen-bond donors (Lipinski definition) is 0. The normalized spacial score (nSPS) is 22.3. The number of nitrogens with zero attached hydrogens (tertiary/aromatic N) is 1. The lowest BCUT2D eigenvalue weighted by Crippen LogP contribution is -2.53. The molecule has 1 aliphatic heterocycles. The molecule has 0 aromatic carbocycles. The van der Waals surface area contributed by atoms with Crippen LogP contribution in [0.5, 0.6) is 0 Å². The summed E-state index contributed by atoms with van der Waals surface area (Å²) in [5.74, 6) is -0.522. The fraction of sp³-hybridized carbons (Fsp3) is 0.643. The number of ether oxygens (including phenoxy) is 3. The van der Waals surface area contributed by atoms with Gasteiger partial charge in [0.2, 0.25) is 0 Å². The van der Waals surface area contributed by atoms with Gasteiger partial charge in [-0.05, 0) is 20.8 Å². The number of carbonyl (C=O) groups excluding carboxylic acids is 3. The van der Waals surface area contributed by atoms with Crippen LogP contribution < -0.4 is 0 Å². The number of carbonyl (C=O) groups is 3. The van der Waals surface area contributed by atoms with Crippen LogP contribution in [0.25, 0.3) is 0 Å². The first-order valence-electron chi connectivity index (χ1n) is 6.60. The van der Waals surface area contributed by atoms with E-state index in [4.69, 9.17) is 9.47 Å². The van der Waals surface area contributed by atoms with Gasteiger partial charge < -0.3 is 14.2 Å². The first kappa shape index (κ1) is 17.0. The van der Waals surface area contributed by atoms with Gasteiger partial charge in [-0.1, -0.05) is 12.7 Å². The van der Waals surface area contributed by atoms with Gasteiger partial charge in [-0.3, -0.25) is 4.79 Å². The zero-order valence-electron chi connectivity index (χ0n) is 12.8. The predicted octanol–water partition coefficient (Wildman–Crippen LogP) is 2.25. The summed E-state index contributed by atoms with van der Waals surface area (Å²) >= 11 is 0. The number of methoxy groups -OCH3 is 1. The van der Waals surface area contributed by atoms with Crippen molar-refractivity contribution in [2.75, 3.05) is 7.11 Å². The molecule has 0 aliphatic carbocycles. The molecule has 1 aliphatic rings. The van der Waals surface area contributed by atoms with Gasteiger partial charge in [-0.15, -0.1) is 0 Å². The van der Waals surface area contributed by atoms with Gasteiger partial charge in [0.1, 0.15) is 11.7 Å². The fourth-order valence-electron chi connectivity index (χ4n) is 1.89. The average Bonchev–Trinajstić information content (AvgIpc) is 2.35. The van der Waals surface area contributed by atoms with E-state index >= 15 is 0 Å². The highest BCUT2D eigenvalue weighted by Crippen LogP contribution is 2.24. The van der Waals surface area contributed by atoms with Crippen molar-refractivity contribution in [2.24, 2.45) is 0 Å². The molecular formula is C14H21NO6. The molecule has 0 saturated carbocycles. The van der Waals surface area contributed by atoms with E-state index < -0.39 is 35.9 Å². The number of cyclic esters (lactones) is 1. The van der Waals surface area contributed by atoms with Gasteiger partial charge in [0.25, 0.3) is 0 Å². The maximum Gasteiger partial charge on any atom is 0.420 e. The lowest BCUT2D eigenvalue weighted by Gasteiger charge is -2.36. The Morgan fingerprint density at radius 3 is 2.57 bits per heavy atom. The van der Waals surface area contributed by atoms with Crippen LogP contribution in [0.15, 0.2) is 12.7 Å². The molecule has 0 radical (unpaired) electrons. The Morgan fingerprint density at radius 1 is 1.48 bits per heavy atom. The third-order valence-corrected chi connectivity index (χ3v) is 2.80. The van der Waals surface area contributed by atoms with Crippen molar-refractivity contribution in [1.29, 1.82) is 0 Å². The van der Waals surface area contributed by atoms with E-state index in [2.05, 4.69) is 11.3 Å². The molecule has 0 aromatic heterocycles. The summed E-state index contributed by atoms with van der Waals surface area (Å²) in [6, 6.07) is -0.684. The zero-order valence-corrected chi connectivity index (χ0v) is 12.8. The Morgan fingerprint density at radius 2 is 2.10 bits per heavy atom. The highest BCUT2D eigenvalue weighted by molar-refractivity contribution is 5.89. The summed E-state index contributed by atoms with van der Waals surface area (Å²) in [5, 5.41) is 0. The molecule has 2 atom stereocenters. The molecule has 118 valence electrons. The van der Waals surface area contributed by atoms with Crippen LogP contribution in [0.1, 0.15) is 33.6 Å². The van der Waals surface area contributed by atoms with Gasteiger partial charge in [0.05, 0.1) is 19.6 Å². The van der Waals surface area contributed by atoms with Crippen LogP contribution in [-0.2, 0) is 19.0 Å².